The quantitative estimate of drug-likeness (QED) is 0.553. The summed E-state index contributed by atoms with van der Waals surface area (Å²) in [6.45, 7) is 5.53. The van der Waals surface area contributed by atoms with E-state index in [1.54, 1.807) is 24.3 Å². The van der Waals surface area contributed by atoms with Gasteiger partial charge in [0.25, 0.3) is 0 Å². The summed E-state index contributed by atoms with van der Waals surface area (Å²) in [5.41, 5.74) is 7.01. The van der Waals surface area contributed by atoms with Crippen LogP contribution >= 0.6 is 0 Å². The average Bonchev–Trinajstić information content (AvgIpc) is 2.72. The van der Waals surface area contributed by atoms with Crippen LogP contribution in [0.1, 0.15) is 25.0 Å². The van der Waals surface area contributed by atoms with Crippen molar-refractivity contribution in [1.82, 2.24) is 4.90 Å². The van der Waals surface area contributed by atoms with E-state index < -0.39 is 12.2 Å². The minimum atomic E-state index is -0.841. The fourth-order valence-corrected chi connectivity index (χ4v) is 3.53. The number of anilines is 1. The van der Waals surface area contributed by atoms with Crippen molar-refractivity contribution < 1.29 is 23.5 Å². The molecule has 1 heterocycles. The maximum absolute atomic E-state index is 13.2. The highest BCUT2D eigenvalue weighted by molar-refractivity contribution is 5.69. The Hall–Kier alpha value is -3.13. The van der Waals surface area contributed by atoms with Gasteiger partial charge in [-0.3, -0.25) is 9.69 Å². The standard InChI is InChI=1S/C22H26FN3O4/c1-16(27)29-20-8-6-19(7-9-20)26-14-12-25(13-15-26)11-10-21(30-22(24)28)17-2-4-18(23)5-3-17/h2-9,21H,10-15H2,1H3,(H2,24,28). The fraction of sp³-hybridized carbons (Fsp3) is 0.364. The smallest absolute Gasteiger partial charge is 0.405 e. The highest BCUT2D eigenvalue weighted by atomic mass is 19.1. The number of amides is 1. The number of halogens is 1. The van der Waals surface area contributed by atoms with Gasteiger partial charge in [-0.2, -0.15) is 0 Å². The van der Waals surface area contributed by atoms with Crippen LogP contribution in [0.4, 0.5) is 14.9 Å². The molecule has 1 fully saturated rings. The molecule has 1 amide bonds. The molecule has 30 heavy (non-hydrogen) atoms. The van der Waals surface area contributed by atoms with E-state index in [1.165, 1.54) is 19.1 Å². The number of ether oxygens (including phenoxy) is 2. The van der Waals surface area contributed by atoms with Crippen molar-refractivity contribution in [3.05, 3.63) is 59.9 Å². The van der Waals surface area contributed by atoms with Gasteiger partial charge in [0.15, 0.2) is 0 Å². The lowest BCUT2D eigenvalue weighted by atomic mass is 10.1. The van der Waals surface area contributed by atoms with Crippen LogP contribution in [-0.2, 0) is 9.53 Å². The number of hydrogen-bond donors (Lipinski definition) is 1. The van der Waals surface area contributed by atoms with Gasteiger partial charge < -0.3 is 20.1 Å². The van der Waals surface area contributed by atoms with E-state index in [0.29, 0.717) is 12.2 Å². The molecule has 7 nitrogen and oxygen atoms in total. The zero-order valence-electron chi connectivity index (χ0n) is 16.9. The van der Waals surface area contributed by atoms with Gasteiger partial charge in [0, 0.05) is 51.8 Å². The first kappa shape index (κ1) is 21.6. The Morgan fingerprint density at radius 1 is 1.03 bits per heavy atom. The Bertz CT molecular complexity index is 850. The Labute approximate surface area is 175 Å². The zero-order chi connectivity index (χ0) is 21.5. The van der Waals surface area contributed by atoms with Crippen LogP contribution in [-0.4, -0.2) is 49.7 Å². The lowest BCUT2D eigenvalue weighted by Gasteiger charge is -2.36. The van der Waals surface area contributed by atoms with E-state index >= 15 is 0 Å². The summed E-state index contributed by atoms with van der Waals surface area (Å²) in [4.78, 5) is 26.8. The van der Waals surface area contributed by atoms with Gasteiger partial charge in [0.2, 0.25) is 0 Å². The molecule has 1 aliphatic heterocycles. The third kappa shape index (κ3) is 6.18. The summed E-state index contributed by atoms with van der Waals surface area (Å²) in [5.74, 6) is -0.143. The minimum absolute atomic E-state index is 0.337. The first-order valence-electron chi connectivity index (χ1n) is 9.88. The number of carbonyl (C=O) groups excluding carboxylic acids is 2. The van der Waals surface area contributed by atoms with E-state index in [2.05, 4.69) is 9.80 Å². The molecule has 160 valence electrons. The molecular formula is C22H26FN3O4. The second kappa shape index (κ2) is 10.1. The maximum Gasteiger partial charge on any atom is 0.405 e. The number of rotatable bonds is 7. The van der Waals surface area contributed by atoms with Crippen LogP contribution in [0.15, 0.2) is 48.5 Å². The van der Waals surface area contributed by atoms with Crippen molar-refractivity contribution in [2.45, 2.75) is 19.4 Å². The molecule has 2 aromatic rings. The highest BCUT2D eigenvalue weighted by Crippen LogP contribution is 2.24. The number of hydrogen-bond acceptors (Lipinski definition) is 6. The molecule has 1 saturated heterocycles. The monoisotopic (exact) mass is 415 g/mol. The Morgan fingerprint density at radius 2 is 1.67 bits per heavy atom. The molecule has 0 spiro atoms. The van der Waals surface area contributed by atoms with Gasteiger partial charge in [-0.15, -0.1) is 0 Å². The van der Waals surface area contributed by atoms with Gasteiger partial charge in [-0.1, -0.05) is 12.1 Å². The molecule has 0 aromatic heterocycles. The van der Waals surface area contributed by atoms with Crippen molar-refractivity contribution in [3.8, 4) is 5.75 Å². The number of piperazine rings is 1. The van der Waals surface area contributed by atoms with Gasteiger partial charge in [0.05, 0.1) is 0 Å². The fourth-order valence-electron chi connectivity index (χ4n) is 3.53. The normalized spacial score (nSPS) is 15.5. The third-order valence-electron chi connectivity index (χ3n) is 5.04. The Kier molecular flexibility index (Phi) is 7.24. The number of nitrogens with two attached hydrogens (primary N) is 1. The van der Waals surface area contributed by atoms with Crippen LogP contribution < -0.4 is 15.4 Å². The van der Waals surface area contributed by atoms with Crippen LogP contribution in [0.5, 0.6) is 5.75 Å². The summed E-state index contributed by atoms with van der Waals surface area (Å²) >= 11 is 0. The van der Waals surface area contributed by atoms with Crippen LogP contribution in [0.3, 0.4) is 0 Å². The topological polar surface area (TPSA) is 85.1 Å². The lowest BCUT2D eigenvalue weighted by Crippen LogP contribution is -2.46. The summed E-state index contributed by atoms with van der Waals surface area (Å²) in [6.07, 6.45) is -0.771. The van der Waals surface area contributed by atoms with Crippen molar-refractivity contribution in [2.24, 2.45) is 5.73 Å². The molecule has 1 unspecified atom stereocenters. The van der Waals surface area contributed by atoms with Crippen LogP contribution in [0.25, 0.3) is 0 Å². The van der Waals surface area contributed by atoms with E-state index in [1.807, 2.05) is 12.1 Å². The molecule has 1 atom stereocenters. The summed E-state index contributed by atoms with van der Waals surface area (Å²) in [5, 5.41) is 0. The van der Waals surface area contributed by atoms with E-state index in [9.17, 15) is 14.0 Å². The molecule has 0 aliphatic carbocycles. The number of primary amides is 1. The van der Waals surface area contributed by atoms with Gasteiger partial charge in [0.1, 0.15) is 17.7 Å². The second-order valence-electron chi connectivity index (χ2n) is 7.18. The minimum Gasteiger partial charge on any atom is -0.441 e. The highest BCUT2D eigenvalue weighted by Gasteiger charge is 2.21. The molecule has 0 saturated carbocycles. The van der Waals surface area contributed by atoms with Gasteiger partial charge >= 0.3 is 12.1 Å². The number of esters is 1. The molecule has 0 radical (unpaired) electrons. The van der Waals surface area contributed by atoms with Crippen molar-refractivity contribution in [2.75, 3.05) is 37.6 Å². The summed E-state index contributed by atoms with van der Waals surface area (Å²) < 4.78 is 23.5. The molecular weight excluding hydrogens is 389 g/mol. The number of benzene rings is 2. The molecule has 2 N–H and O–H groups in total. The second-order valence-corrected chi connectivity index (χ2v) is 7.18. The number of nitrogens with zero attached hydrogens (tertiary/aromatic N) is 2. The van der Waals surface area contributed by atoms with E-state index in [4.69, 9.17) is 15.2 Å². The van der Waals surface area contributed by atoms with E-state index in [-0.39, 0.29) is 11.8 Å². The molecule has 3 rings (SSSR count). The molecule has 1 aliphatic rings. The number of carbonyl (C=O) groups is 2. The van der Waals surface area contributed by atoms with Gasteiger partial charge in [-0.25, -0.2) is 9.18 Å². The van der Waals surface area contributed by atoms with Crippen LogP contribution in [0, 0.1) is 5.82 Å². The lowest BCUT2D eigenvalue weighted by molar-refractivity contribution is -0.131. The predicted octanol–water partition coefficient (Wildman–Crippen LogP) is 3.10. The molecule has 8 heteroatoms. The summed E-state index contributed by atoms with van der Waals surface area (Å²) in [6, 6.07) is 13.4. The maximum atomic E-state index is 13.2. The first-order valence-corrected chi connectivity index (χ1v) is 9.88. The average molecular weight is 415 g/mol. The van der Waals surface area contributed by atoms with Gasteiger partial charge in [-0.05, 0) is 42.0 Å². The van der Waals surface area contributed by atoms with Crippen molar-refractivity contribution in [3.63, 3.8) is 0 Å². The predicted molar refractivity (Wildman–Crippen MR) is 111 cm³/mol. The first-order chi connectivity index (χ1) is 14.4. The Balaban J connectivity index is 1.51. The molecule has 0 bridgehead atoms. The molecule has 2 aromatic carbocycles. The van der Waals surface area contributed by atoms with Crippen LogP contribution in [0.2, 0.25) is 0 Å². The van der Waals surface area contributed by atoms with E-state index in [0.717, 1.165) is 44.0 Å². The van der Waals surface area contributed by atoms with Crippen molar-refractivity contribution in [1.29, 1.82) is 0 Å². The largest absolute Gasteiger partial charge is 0.441 e. The Morgan fingerprint density at radius 3 is 2.23 bits per heavy atom. The van der Waals surface area contributed by atoms with Crippen molar-refractivity contribution >= 4 is 17.7 Å². The zero-order valence-corrected chi connectivity index (χ0v) is 16.9. The SMILES string of the molecule is CC(=O)Oc1ccc(N2CCN(CCC(OC(N)=O)c3ccc(F)cc3)CC2)cc1. The summed E-state index contributed by atoms with van der Waals surface area (Å²) in [7, 11) is 0. The third-order valence-corrected chi connectivity index (χ3v) is 5.04.